The number of fused-ring (bicyclic) bond motifs is 1. The Hall–Kier alpha value is -1.60. The number of hydrogen-bond acceptors (Lipinski definition) is 4. The minimum atomic E-state index is -0.617. The van der Waals surface area contributed by atoms with Gasteiger partial charge >= 0.3 is 6.03 Å². The predicted octanol–water partition coefficient (Wildman–Crippen LogP) is 1.06. The Morgan fingerprint density at radius 2 is 2.35 bits per heavy atom. The fraction of sp³-hybridized carbons (Fsp3) is 0.538. The molecule has 2 aromatic rings. The molecule has 3 heterocycles. The SMILES string of the molecule is O=C(NCc1cn2ccsc2n1)N1CC(O)(C2CC2)C1. The van der Waals surface area contributed by atoms with Crippen LogP contribution in [0.1, 0.15) is 18.5 Å². The molecule has 2 amide bonds. The number of nitrogens with one attached hydrogen (secondary N) is 1. The minimum absolute atomic E-state index is 0.119. The lowest BCUT2D eigenvalue weighted by Gasteiger charge is -2.46. The van der Waals surface area contributed by atoms with Crippen molar-refractivity contribution in [2.45, 2.75) is 25.0 Å². The van der Waals surface area contributed by atoms with E-state index in [1.54, 1.807) is 16.2 Å². The molecule has 20 heavy (non-hydrogen) atoms. The van der Waals surface area contributed by atoms with Gasteiger partial charge in [-0.2, -0.15) is 0 Å². The van der Waals surface area contributed by atoms with Crippen molar-refractivity contribution in [2.24, 2.45) is 5.92 Å². The molecule has 2 aromatic heterocycles. The van der Waals surface area contributed by atoms with Crippen molar-refractivity contribution in [3.63, 3.8) is 0 Å². The third kappa shape index (κ3) is 1.97. The maximum atomic E-state index is 12.0. The zero-order valence-corrected chi connectivity index (χ0v) is 11.8. The van der Waals surface area contributed by atoms with Crippen LogP contribution in [0, 0.1) is 5.92 Å². The van der Waals surface area contributed by atoms with Crippen LogP contribution in [0.3, 0.4) is 0 Å². The number of likely N-dealkylation sites (tertiary alicyclic amines) is 1. The zero-order valence-electron chi connectivity index (χ0n) is 11.0. The van der Waals surface area contributed by atoms with Gasteiger partial charge in [0.1, 0.15) is 5.60 Å². The lowest BCUT2D eigenvalue weighted by Crippen LogP contribution is -2.66. The van der Waals surface area contributed by atoms with Gasteiger partial charge in [0, 0.05) is 17.8 Å². The van der Waals surface area contributed by atoms with Gasteiger partial charge < -0.3 is 15.3 Å². The Morgan fingerprint density at radius 1 is 1.55 bits per heavy atom. The second-order valence-corrected chi connectivity index (χ2v) is 6.59. The van der Waals surface area contributed by atoms with Crippen LogP contribution < -0.4 is 5.32 Å². The molecule has 4 rings (SSSR count). The Bertz CT molecular complexity index is 626. The molecule has 2 N–H and O–H groups in total. The number of carbonyl (C=O) groups is 1. The van der Waals surface area contributed by atoms with E-state index in [0.717, 1.165) is 23.5 Å². The Kier molecular flexibility index (Phi) is 2.55. The molecule has 0 radical (unpaired) electrons. The molecule has 1 aliphatic heterocycles. The Labute approximate surface area is 120 Å². The first kappa shape index (κ1) is 12.2. The van der Waals surface area contributed by atoms with Gasteiger partial charge in [-0.15, -0.1) is 11.3 Å². The van der Waals surface area contributed by atoms with Crippen LogP contribution in [0.25, 0.3) is 4.96 Å². The van der Waals surface area contributed by atoms with Gasteiger partial charge in [-0.3, -0.25) is 4.40 Å². The van der Waals surface area contributed by atoms with Crippen LogP contribution >= 0.6 is 11.3 Å². The number of thiazole rings is 1. The predicted molar refractivity (Wildman–Crippen MR) is 74.6 cm³/mol. The molecule has 0 spiro atoms. The Morgan fingerprint density at radius 3 is 3.05 bits per heavy atom. The summed E-state index contributed by atoms with van der Waals surface area (Å²) in [6.07, 6.45) is 6.06. The van der Waals surface area contributed by atoms with Gasteiger partial charge in [0.15, 0.2) is 4.96 Å². The number of carbonyl (C=O) groups excluding carboxylic acids is 1. The highest BCUT2D eigenvalue weighted by Gasteiger charge is 2.53. The van der Waals surface area contributed by atoms with Gasteiger partial charge in [-0.1, -0.05) is 0 Å². The van der Waals surface area contributed by atoms with Crippen molar-refractivity contribution in [3.05, 3.63) is 23.5 Å². The summed E-state index contributed by atoms with van der Waals surface area (Å²) >= 11 is 1.57. The lowest BCUT2D eigenvalue weighted by atomic mass is 9.89. The second-order valence-electron chi connectivity index (χ2n) is 5.72. The molecular formula is C13H16N4O2S. The summed E-state index contributed by atoms with van der Waals surface area (Å²) in [6.45, 7) is 1.34. The maximum absolute atomic E-state index is 12.0. The normalized spacial score (nSPS) is 20.9. The minimum Gasteiger partial charge on any atom is -0.386 e. The number of nitrogens with zero attached hydrogens (tertiary/aromatic N) is 3. The maximum Gasteiger partial charge on any atom is 0.317 e. The van der Waals surface area contributed by atoms with E-state index in [9.17, 15) is 9.90 Å². The smallest absolute Gasteiger partial charge is 0.317 e. The van der Waals surface area contributed by atoms with E-state index < -0.39 is 5.60 Å². The van der Waals surface area contributed by atoms with E-state index in [0.29, 0.717) is 25.6 Å². The molecule has 1 aliphatic carbocycles. The first-order valence-electron chi connectivity index (χ1n) is 6.80. The molecule has 6 nitrogen and oxygen atoms in total. The first-order valence-corrected chi connectivity index (χ1v) is 7.68. The molecule has 0 aromatic carbocycles. The van der Waals surface area contributed by atoms with E-state index in [2.05, 4.69) is 10.3 Å². The summed E-state index contributed by atoms with van der Waals surface area (Å²) < 4.78 is 1.95. The average Bonchev–Trinajstić information content (AvgIpc) is 3.03. The van der Waals surface area contributed by atoms with E-state index >= 15 is 0 Å². The molecule has 0 unspecified atom stereocenters. The first-order chi connectivity index (χ1) is 9.64. The van der Waals surface area contributed by atoms with Crippen LogP contribution in [0.2, 0.25) is 0 Å². The highest BCUT2D eigenvalue weighted by molar-refractivity contribution is 7.15. The number of β-amino-alcohol motifs (C(OH)–C–C–N with tert-alkyl or cyclic N) is 1. The van der Waals surface area contributed by atoms with Crippen molar-refractivity contribution in [1.29, 1.82) is 0 Å². The topological polar surface area (TPSA) is 69.9 Å². The molecule has 0 bridgehead atoms. The molecule has 7 heteroatoms. The standard InChI is InChI=1S/C13H16N4O2S/c18-11(17-7-13(19,8-17)9-1-2-9)14-5-10-6-16-3-4-20-12(16)15-10/h3-4,6,9,19H,1-2,5,7-8H2,(H,14,18). The monoisotopic (exact) mass is 292 g/mol. The number of aliphatic hydroxyl groups is 1. The highest BCUT2D eigenvalue weighted by Crippen LogP contribution is 2.44. The molecule has 0 atom stereocenters. The van der Waals surface area contributed by atoms with Gasteiger partial charge in [-0.05, 0) is 18.8 Å². The van der Waals surface area contributed by atoms with E-state index in [1.807, 2.05) is 22.2 Å². The molecule has 2 fully saturated rings. The lowest BCUT2D eigenvalue weighted by molar-refractivity contribution is -0.0918. The zero-order chi connectivity index (χ0) is 13.7. The van der Waals surface area contributed by atoms with Gasteiger partial charge in [0.25, 0.3) is 0 Å². The number of amides is 2. The summed E-state index contributed by atoms with van der Waals surface area (Å²) in [5.74, 6) is 0.409. The fourth-order valence-electron chi connectivity index (χ4n) is 2.78. The quantitative estimate of drug-likeness (QED) is 0.889. The Balaban J connectivity index is 1.31. The van der Waals surface area contributed by atoms with Crippen LogP contribution in [-0.4, -0.2) is 44.1 Å². The summed E-state index contributed by atoms with van der Waals surface area (Å²) in [7, 11) is 0. The van der Waals surface area contributed by atoms with Crippen LogP contribution in [0.4, 0.5) is 4.79 Å². The average molecular weight is 292 g/mol. The van der Waals surface area contributed by atoms with Gasteiger partial charge in [-0.25, -0.2) is 9.78 Å². The van der Waals surface area contributed by atoms with Crippen molar-refractivity contribution < 1.29 is 9.90 Å². The molecule has 1 saturated carbocycles. The number of hydrogen-bond donors (Lipinski definition) is 2. The van der Waals surface area contributed by atoms with Crippen LogP contribution in [0.5, 0.6) is 0 Å². The molecule has 2 aliphatic rings. The number of rotatable bonds is 3. The molecule has 106 valence electrons. The van der Waals surface area contributed by atoms with Crippen LogP contribution in [0.15, 0.2) is 17.8 Å². The van der Waals surface area contributed by atoms with Gasteiger partial charge in [0.2, 0.25) is 0 Å². The summed E-state index contributed by atoms with van der Waals surface area (Å²) in [6, 6.07) is -0.119. The van der Waals surface area contributed by atoms with Crippen molar-refractivity contribution in [1.82, 2.24) is 19.6 Å². The van der Waals surface area contributed by atoms with E-state index in [-0.39, 0.29) is 6.03 Å². The van der Waals surface area contributed by atoms with Crippen molar-refractivity contribution in [3.8, 4) is 0 Å². The molecule has 1 saturated heterocycles. The molecular weight excluding hydrogens is 276 g/mol. The fourth-order valence-corrected chi connectivity index (χ4v) is 3.50. The summed E-state index contributed by atoms with van der Waals surface area (Å²) in [5, 5.41) is 15.0. The largest absolute Gasteiger partial charge is 0.386 e. The summed E-state index contributed by atoms with van der Waals surface area (Å²) in [4.78, 5) is 19.0. The number of imidazole rings is 1. The third-order valence-corrected chi connectivity index (χ3v) is 4.89. The van der Waals surface area contributed by atoms with Gasteiger partial charge in [0.05, 0.1) is 25.3 Å². The van der Waals surface area contributed by atoms with Crippen molar-refractivity contribution >= 4 is 22.3 Å². The van der Waals surface area contributed by atoms with Crippen LogP contribution in [-0.2, 0) is 6.54 Å². The summed E-state index contributed by atoms with van der Waals surface area (Å²) in [5.41, 5.74) is 0.233. The number of urea groups is 1. The second kappa shape index (κ2) is 4.20. The number of aromatic nitrogens is 2. The van der Waals surface area contributed by atoms with E-state index in [4.69, 9.17) is 0 Å². The third-order valence-electron chi connectivity index (χ3n) is 4.12. The van der Waals surface area contributed by atoms with Crippen molar-refractivity contribution in [2.75, 3.05) is 13.1 Å². The highest BCUT2D eigenvalue weighted by atomic mass is 32.1. The van der Waals surface area contributed by atoms with E-state index in [1.165, 1.54) is 0 Å².